The Morgan fingerprint density at radius 3 is 2.45 bits per heavy atom. The predicted molar refractivity (Wildman–Crippen MR) is 126 cm³/mol. The summed E-state index contributed by atoms with van der Waals surface area (Å²) >= 11 is 0. The monoisotopic (exact) mass is 454 g/mol. The summed E-state index contributed by atoms with van der Waals surface area (Å²) in [7, 11) is 0. The fourth-order valence-electron chi connectivity index (χ4n) is 5.80. The number of carboxylic acid groups (broad SMARTS) is 1. The SMILES string of the molecule is CC1(C)[C@H]2CC[C@@H](CC(=O)Nn3nc(CN(C(=O)O)C(C)(C)C)c4ccccc4c3=O)[C@H]1C2. The summed E-state index contributed by atoms with van der Waals surface area (Å²) < 4.78 is 0. The highest BCUT2D eigenvalue weighted by molar-refractivity contribution is 5.86. The first-order valence-corrected chi connectivity index (χ1v) is 11.7. The second kappa shape index (κ2) is 8.15. The zero-order valence-corrected chi connectivity index (χ0v) is 20.1. The molecule has 3 fully saturated rings. The molecule has 1 aromatic heterocycles. The predicted octanol–water partition coefficient (Wildman–Crippen LogP) is 4.21. The summed E-state index contributed by atoms with van der Waals surface area (Å²) in [6.07, 6.45) is 2.66. The van der Waals surface area contributed by atoms with E-state index in [9.17, 15) is 19.5 Å². The maximum atomic E-state index is 13.1. The molecule has 0 saturated heterocycles. The van der Waals surface area contributed by atoms with Crippen LogP contribution in [0.1, 0.15) is 66.0 Å². The van der Waals surface area contributed by atoms with Gasteiger partial charge in [-0.25, -0.2) is 10.2 Å². The molecule has 3 saturated carbocycles. The fourth-order valence-corrected chi connectivity index (χ4v) is 5.80. The minimum atomic E-state index is -1.08. The lowest BCUT2D eigenvalue weighted by molar-refractivity contribution is -0.129. The Morgan fingerprint density at radius 1 is 1.21 bits per heavy atom. The summed E-state index contributed by atoms with van der Waals surface area (Å²) in [6.45, 7) is 9.99. The van der Waals surface area contributed by atoms with Crippen LogP contribution in [0.2, 0.25) is 0 Å². The molecule has 2 aromatic rings. The van der Waals surface area contributed by atoms with Crippen molar-refractivity contribution in [3.8, 4) is 0 Å². The van der Waals surface area contributed by atoms with Crippen LogP contribution in [-0.2, 0) is 11.3 Å². The van der Waals surface area contributed by atoms with Crippen LogP contribution in [0.15, 0.2) is 29.1 Å². The normalized spacial score (nSPS) is 23.6. The first-order chi connectivity index (χ1) is 15.4. The number of carbonyl (C=O) groups is 2. The minimum Gasteiger partial charge on any atom is -0.465 e. The maximum absolute atomic E-state index is 13.1. The zero-order valence-electron chi connectivity index (χ0n) is 20.1. The third kappa shape index (κ3) is 4.23. The van der Waals surface area contributed by atoms with Crippen LogP contribution in [0.3, 0.4) is 0 Å². The van der Waals surface area contributed by atoms with Crippen molar-refractivity contribution in [3.63, 3.8) is 0 Å². The van der Waals surface area contributed by atoms with E-state index in [-0.39, 0.29) is 17.9 Å². The van der Waals surface area contributed by atoms with Gasteiger partial charge in [-0.2, -0.15) is 5.10 Å². The third-order valence-corrected chi connectivity index (χ3v) is 7.91. The lowest BCUT2D eigenvalue weighted by atomic mass is 9.45. The Hall–Kier alpha value is -2.90. The van der Waals surface area contributed by atoms with Gasteiger partial charge in [-0.05, 0) is 69.3 Å². The molecule has 1 heterocycles. The molecule has 2 N–H and O–H groups in total. The molecule has 178 valence electrons. The maximum Gasteiger partial charge on any atom is 0.408 e. The van der Waals surface area contributed by atoms with E-state index in [2.05, 4.69) is 24.4 Å². The van der Waals surface area contributed by atoms with Crippen molar-refractivity contribution >= 4 is 22.8 Å². The van der Waals surface area contributed by atoms with Gasteiger partial charge in [-0.1, -0.05) is 32.0 Å². The number of rotatable bonds is 5. The molecule has 2 bridgehead atoms. The first kappa shape index (κ1) is 23.3. The van der Waals surface area contributed by atoms with E-state index < -0.39 is 17.2 Å². The largest absolute Gasteiger partial charge is 0.465 e. The molecule has 3 aliphatic rings. The number of amides is 2. The zero-order chi connectivity index (χ0) is 24.1. The number of fused-ring (bicyclic) bond motifs is 3. The molecule has 2 amide bonds. The molecule has 1 aromatic carbocycles. The van der Waals surface area contributed by atoms with Crippen molar-refractivity contribution in [1.82, 2.24) is 14.8 Å². The summed E-state index contributed by atoms with van der Waals surface area (Å²) in [5.74, 6) is 1.37. The second-order valence-corrected chi connectivity index (χ2v) is 11.2. The van der Waals surface area contributed by atoms with Gasteiger partial charge in [-0.15, -0.1) is 4.79 Å². The van der Waals surface area contributed by atoms with Gasteiger partial charge in [0.2, 0.25) is 5.91 Å². The van der Waals surface area contributed by atoms with E-state index in [1.54, 1.807) is 45.0 Å². The van der Waals surface area contributed by atoms with Gasteiger partial charge in [0.25, 0.3) is 5.56 Å². The molecule has 0 radical (unpaired) electrons. The van der Waals surface area contributed by atoms with Gasteiger partial charge >= 0.3 is 6.09 Å². The summed E-state index contributed by atoms with van der Waals surface area (Å²) in [5.41, 5.74) is 2.30. The van der Waals surface area contributed by atoms with Gasteiger partial charge in [-0.3, -0.25) is 14.5 Å². The molecule has 8 heteroatoms. The molecule has 0 aliphatic heterocycles. The van der Waals surface area contributed by atoms with Crippen molar-refractivity contribution in [2.24, 2.45) is 23.2 Å². The first-order valence-electron chi connectivity index (χ1n) is 11.7. The average Bonchev–Trinajstić information content (AvgIpc) is 2.73. The van der Waals surface area contributed by atoms with E-state index in [1.807, 2.05) is 0 Å². The molecule has 33 heavy (non-hydrogen) atoms. The number of nitrogens with zero attached hydrogens (tertiary/aromatic N) is 3. The van der Waals surface area contributed by atoms with Crippen LogP contribution in [0.25, 0.3) is 10.8 Å². The Kier molecular flexibility index (Phi) is 5.75. The molecule has 8 nitrogen and oxygen atoms in total. The molecule has 5 rings (SSSR count). The highest BCUT2D eigenvalue weighted by Gasteiger charge is 2.54. The molecule has 3 atom stereocenters. The van der Waals surface area contributed by atoms with E-state index >= 15 is 0 Å². The average molecular weight is 455 g/mol. The van der Waals surface area contributed by atoms with Gasteiger partial charge in [0.05, 0.1) is 17.6 Å². The van der Waals surface area contributed by atoms with Crippen molar-refractivity contribution in [2.75, 3.05) is 5.43 Å². The summed E-state index contributed by atoms with van der Waals surface area (Å²) in [4.78, 5) is 40.1. The van der Waals surface area contributed by atoms with Crippen molar-refractivity contribution in [3.05, 3.63) is 40.3 Å². The van der Waals surface area contributed by atoms with Gasteiger partial charge in [0.15, 0.2) is 0 Å². The van der Waals surface area contributed by atoms with Gasteiger partial charge < -0.3 is 5.11 Å². The van der Waals surface area contributed by atoms with Crippen LogP contribution in [-0.4, -0.2) is 37.4 Å². The Balaban J connectivity index is 1.61. The van der Waals surface area contributed by atoms with E-state index in [4.69, 9.17) is 0 Å². The van der Waals surface area contributed by atoms with Crippen LogP contribution in [0.5, 0.6) is 0 Å². The Morgan fingerprint density at radius 2 is 1.88 bits per heavy atom. The Labute approximate surface area is 193 Å². The topological polar surface area (TPSA) is 105 Å². The van der Waals surface area contributed by atoms with Crippen LogP contribution < -0.4 is 11.0 Å². The van der Waals surface area contributed by atoms with E-state index in [0.717, 1.165) is 23.6 Å². The number of aromatic nitrogens is 2. The van der Waals surface area contributed by atoms with Gasteiger partial charge in [0.1, 0.15) is 0 Å². The molecular formula is C25H34N4O4. The van der Waals surface area contributed by atoms with Crippen molar-refractivity contribution in [1.29, 1.82) is 0 Å². The quantitative estimate of drug-likeness (QED) is 0.704. The molecular weight excluding hydrogens is 420 g/mol. The highest BCUT2D eigenvalue weighted by atomic mass is 16.4. The number of benzene rings is 1. The van der Waals surface area contributed by atoms with Crippen molar-refractivity contribution < 1.29 is 14.7 Å². The van der Waals surface area contributed by atoms with E-state index in [0.29, 0.717) is 34.7 Å². The number of hydrogen-bond acceptors (Lipinski definition) is 4. The van der Waals surface area contributed by atoms with Crippen LogP contribution in [0.4, 0.5) is 4.79 Å². The number of carbonyl (C=O) groups excluding carboxylic acids is 1. The number of nitrogens with one attached hydrogen (secondary N) is 1. The Bertz CT molecular complexity index is 1150. The molecule has 0 spiro atoms. The standard InChI is InChI=1S/C25H34N4O4/c1-24(2,3)28(23(32)33)14-20-17-8-6-7-9-18(17)22(31)29(26-20)27-21(30)12-15-10-11-16-13-19(15)25(16,4)5/h6-9,15-16,19H,10-14H2,1-5H3,(H,27,30)(H,32,33)/t15-,16-,19+/m0/s1. The summed E-state index contributed by atoms with van der Waals surface area (Å²) in [5, 5.41) is 15.1. The minimum absolute atomic E-state index is 0.00419. The van der Waals surface area contributed by atoms with Crippen LogP contribution >= 0.6 is 0 Å². The molecule has 0 unspecified atom stereocenters. The van der Waals surface area contributed by atoms with Crippen LogP contribution in [0, 0.1) is 23.2 Å². The fraction of sp³-hybridized carbons (Fsp3) is 0.600. The summed E-state index contributed by atoms with van der Waals surface area (Å²) in [6, 6.07) is 6.96. The van der Waals surface area contributed by atoms with E-state index in [1.165, 1.54) is 11.3 Å². The van der Waals surface area contributed by atoms with Crippen molar-refractivity contribution in [2.45, 2.75) is 72.4 Å². The lowest BCUT2D eigenvalue weighted by Gasteiger charge is -2.60. The number of hydrogen-bond donors (Lipinski definition) is 2. The second-order valence-electron chi connectivity index (χ2n) is 11.2. The smallest absolute Gasteiger partial charge is 0.408 e. The third-order valence-electron chi connectivity index (χ3n) is 7.91. The van der Waals surface area contributed by atoms with Gasteiger partial charge in [0, 0.05) is 17.3 Å². The lowest BCUT2D eigenvalue weighted by Crippen LogP contribution is -2.53. The highest BCUT2D eigenvalue weighted by Crippen LogP contribution is 2.61. The molecule has 3 aliphatic carbocycles.